The summed E-state index contributed by atoms with van der Waals surface area (Å²) in [4.78, 5) is 0. The van der Waals surface area contributed by atoms with Gasteiger partial charge in [-0.15, -0.1) is 11.6 Å². The first-order valence-corrected chi connectivity index (χ1v) is 9.70. The summed E-state index contributed by atoms with van der Waals surface area (Å²) in [7, 11) is 2.53. The Morgan fingerprint density at radius 1 is 0.950 bits per heavy atom. The smallest absolute Gasteiger partial charge is 0.377 e. The Morgan fingerprint density at radius 2 is 1.50 bits per heavy atom. The first-order chi connectivity index (χ1) is 9.15. The van der Waals surface area contributed by atoms with E-state index < -0.39 is 8.80 Å². The van der Waals surface area contributed by atoms with Crippen molar-refractivity contribution in [2.45, 2.75) is 57.9 Å². The first-order valence-electron chi connectivity index (χ1n) is 7.37. The Hall–Kier alpha value is 0.347. The maximum absolute atomic E-state index is 5.98. The minimum Gasteiger partial charge on any atom is -0.377 e. The molecule has 0 rings (SSSR count). The molecule has 0 aromatic heterocycles. The fraction of sp³-hybridized carbons (Fsp3) is 1.00. The molecule has 0 saturated heterocycles. The predicted octanol–water partition coefficient (Wildman–Crippen LogP) is 4.63. The van der Waals surface area contributed by atoms with Gasteiger partial charge in [0.05, 0.1) is 0 Å². The minimum atomic E-state index is -2.57. The summed E-state index contributed by atoms with van der Waals surface area (Å²) in [6.07, 6.45) is 6.96. The topological polar surface area (TPSA) is 62.7 Å². The molecule has 124 valence electrons. The van der Waals surface area contributed by atoms with Crippen molar-refractivity contribution in [1.82, 2.24) is 6.15 Å². The van der Waals surface area contributed by atoms with Gasteiger partial charge in [0.1, 0.15) is 0 Å². The minimum absolute atomic E-state index is 0. The van der Waals surface area contributed by atoms with Crippen LogP contribution in [0.4, 0.5) is 0 Å². The molecule has 0 aliphatic heterocycles. The van der Waals surface area contributed by atoms with Crippen LogP contribution in [-0.2, 0) is 13.3 Å². The van der Waals surface area contributed by atoms with Gasteiger partial charge in [-0.3, -0.25) is 0 Å². The number of rotatable bonds is 12. The Morgan fingerprint density at radius 3 is 1.85 bits per heavy atom. The SMILES string of the molecule is CCCCCC(CCCl)C(CC)[Si](OC)(OC)OC.N. The summed E-state index contributed by atoms with van der Waals surface area (Å²) < 4.78 is 17.0. The van der Waals surface area contributed by atoms with Gasteiger partial charge in [-0.25, -0.2) is 0 Å². The van der Waals surface area contributed by atoms with Crippen LogP contribution in [0.15, 0.2) is 0 Å². The molecule has 0 aromatic carbocycles. The van der Waals surface area contributed by atoms with Crippen LogP contribution in [-0.4, -0.2) is 36.0 Å². The zero-order chi connectivity index (χ0) is 14.7. The number of hydrogen-bond donors (Lipinski definition) is 1. The molecule has 0 fully saturated rings. The molecular weight excluding hydrogens is 294 g/mol. The van der Waals surface area contributed by atoms with Crippen LogP contribution >= 0.6 is 11.6 Å². The third kappa shape index (κ3) is 6.41. The monoisotopic (exact) mass is 327 g/mol. The molecule has 0 aliphatic rings. The average molecular weight is 328 g/mol. The molecule has 2 atom stereocenters. The van der Waals surface area contributed by atoms with Crippen LogP contribution in [0.5, 0.6) is 0 Å². The molecule has 3 N–H and O–H groups in total. The van der Waals surface area contributed by atoms with Gasteiger partial charge in [-0.05, 0) is 18.8 Å². The molecule has 0 bridgehead atoms. The summed E-state index contributed by atoms with van der Waals surface area (Å²) in [6, 6.07) is 0. The van der Waals surface area contributed by atoms with Crippen molar-refractivity contribution in [2.75, 3.05) is 27.2 Å². The van der Waals surface area contributed by atoms with E-state index in [2.05, 4.69) is 13.8 Å². The molecule has 0 saturated carbocycles. The highest BCUT2D eigenvalue weighted by atomic mass is 35.5. The molecule has 20 heavy (non-hydrogen) atoms. The largest absolute Gasteiger partial charge is 0.503 e. The van der Waals surface area contributed by atoms with E-state index in [9.17, 15) is 0 Å². The zero-order valence-electron chi connectivity index (χ0n) is 13.9. The van der Waals surface area contributed by atoms with Crippen molar-refractivity contribution < 1.29 is 13.3 Å². The van der Waals surface area contributed by atoms with E-state index in [1.54, 1.807) is 21.3 Å². The summed E-state index contributed by atoms with van der Waals surface area (Å²) in [5.41, 5.74) is 0.336. The van der Waals surface area contributed by atoms with Crippen molar-refractivity contribution in [3.63, 3.8) is 0 Å². The average Bonchev–Trinajstić information content (AvgIpc) is 2.44. The van der Waals surface area contributed by atoms with Gasteiger partial charge in [0.2, 0.25) is 0 Å². The Kier molecular flexibility index (Phi) is 14.8. The maximum atomic E-state index is 5.98. The van der Waals surface area contributed by atoms with Crippen molar-refractivity contribution in [2.24, 2.45) is 5.92 Å². The Labute approximate surface area is 131 Å². The normalized spacial score (nSPS) is 14.7. The van der Waals surface area contributed by atoms with E-state index in [4.69, 9.17) is 24.9 Å². The highest BCUT2D eigenvalue weighted by Crippen LogP contribution is 2.39. The standard InChI is InChI=1S/C14H31ClO3Si.H3N/c1-6-8-9-10-13(11-12-15)14(7-2)19(16-3,17-4)18-5;/h13-14H,6-12H2,1-5H3;1H3. The molecule has 0 radical (unpaired) electrons. The van der Waals surface area contributed by atoms with Crippen LogP contribution in [0.25, 0.3) is 0 Å². The number of hydrogen-bond acceptors (Lipinski definition) is 4. The molecule has 0 aromatic rings. The van der Waals surface area contributed by atoms with Crippen LogP contribution < -0.4 is 6.15 Å². The highest BCUT2D eigenvalue weighted by Gasteiger charge is 2.49. The summed E-state index contributed by atoms with van der Waals surface area (Å²) >= 11 is 5.98. The molecule has 0 amide bonds. The van der Waals surface area contributed by atoms with Gasteiger partial charge in [0.15, 0.2) is 0 Å². The second kappa shape index (κ2) is 13.0. The third-order valence-electron chi connectivity index (χ3n) is 3.97. The highest BCUT2D eigenvalue weighted by molar-refractivity contribution is 6.62. The predicted molar refractivity (Wildman–Crippen MR) is 88.8 cm³/mol. The van der Waals surface area contributed by atoms with Crippen molar-refractivity contribution in [3.8, 4) is 0 Å². The van der Waals surface area contributed by atoms with Crippen LogP contribution in [0, 0.1) is 5.92 Å². The van der Waals surface area contributed by atoms with Crippen LogP contribution in [0.1, 0.15) is 52.4 Å². The zero-order valence-corrected chi connectivity index (χ0v) is 15.7. The van der Waals surface area contributed by atoms with E-state index in [1.807, 2.05) is 0 Å². The fourth-order valence-electron chi connectivity index (χ4n) is 2.92. The molecule has 0 spiro atoms. The van der Waals surface area contributed by atoms with E-state index >= 15 is 0 Å². The lowest BCUT2D eigenvalue weighted by Crippen LogP contribution is -2.50. The molecule has 0 heterocycles. The fourth-order valence-corrected chi connectivity index (χ4v) is 6.02. The van der Waals surface area contributed by atoms with E-state index in [-0.39, 0.29) is 6.15 Å². The molecular formula is C14H34ClNO3Si. The lowest BCUT2D eigenvalue weighted by Gasteiger charge is -2.36. The maximum Gasteiger partial charge on any atom is 0.503 e. The van der Waals surface area contributed by atoms with Crippen LogP contribution in [0.2, 0.25) is 5.54 Å². The number of alkyl halides is 1. The van der Waals surface area contributed by atoms with E-state index in [0.29, 0.717) is 17.3 Å². The lowest BCUT2D eigenvalue weighted by atomic mass is 9.93. The second-order valence-corrected chi connectivity index (χ2v) is 8.52. The Bertz CT molecular complexity index is 210. The quantitative estimate of drug-likeness (QED) is 0.322. The van der Waals surface area contributed by atoms with Crippen LogP contribution in [0.3, 0.4) is 0 Å². The van der Waals surface area contributed by atoms with Crippen molar-refractivity contribution >= 4 is 20.4 Å². The van der Waals surface area contributed by atoms with Gasteiger partial charge < -0.3 is 19.4 Å². The summed E-state index contributed by atoms with van der Waals surface area (Å²) in [5, 5.41) is 0. The number of halogens is 1. The lowest BCUT2D eigenvalue weighted by molar-refractivity contribution is 0.0980. The van der Waals surface area contributed by atoms with Gasteiger partial charge in [-0.2, -0.15) is 0 Å². The van der Waals surface area contributed by atoms with E-state index in [1.165, 1.54) is 25.7 Å². The van der Waals surface area contributed by atoms with Gasteiger partial charge in [0, 0.05) is 32.8 Å². The molecule has 4 nitrogen and oxygen atoms in total. The van der Waals surface area contributed by atoms with Crippen molar-refractivity contribution in [3.05, 3.63) is 0 Å². The van der Waals surface area contributed by atoms with Gasteiger partial charge in [-0.1, -0.05) is 39.5 Å². The number of unbranched alkanes of at least 4 members (excludes halogenated alkanes) is 2. The van der Waals surface area contributed by atoms with E-state index in [0.717, 1.165) is 12.8 Å². The summed E-state index contributed by atoms with van der Waals surface area (Å²) in [5.74, 6) is 1.22. The first kappa shape index (κ1) is 22.6. The van der Waals surface area contributed by atoms with Gasteiger partial charge >= 0.3 is 8.80 Å². The van der Waals surface area contributed by atoms with Gasteiger partial charge in [0.25, 0.3) is 0 Å². The molecule has 0 aliphatic carbocycles. The second-order valence-electron chi connectivity index (χ2n) is 4.96. The summed E-state index contributed by atoms with van der Waals surface area (Å²) in [6.45, 7) is 4.41. The van der Waals surface area contributed by atoms with Crippen molar-refractivity contribution in [1.29, 1.82) is 0 Å². The third-order valence-corrected chi connectivity index (χ3v) is 7.69. The Balaban J connectivity index is 0. The molecule has 6 heteroatoms. The molecule has 2 unspecified atom stereocenters.